The quantitative estimate of drug-likeness (QED) is 0.514. The normalized spacial score (nSPS) is 20.1. The fourth-order valence-corrected chi connectivity index (χ4v) is 4.66. The number of hydrogen-bond donors (Lipinski definition) is 2. The molecule has 1 atom stereocenters. The lowest BCUT2D eigenvalue weighted by molar-refractivity contribution is -0.130. The van der Waals surface area contributed by atoms with Crippen LogP contribution in [0.25, 0.3) is 6.08 Å². The highest BCUT2D eigenvalue weighted by Crippen LogP contribution is 2.34. The molecule has 0 radical (unpaired) electrons. The SMILES string of the molecule is O=C(/C=C/c1cccs1)N1CCCC2(COCCN(c3cccnc3)C2)C1.O=CO.O=CO. The molecule has 0 bridgehead atoms. The Balaban J connectivity index is 0.000000582. The Bertz CT molecular complexity index is 872. The molecule has 178 valence electrons. The van der Waals surface area contributed by atoms with Crippen LogP contribution in [-0.2, 0) is 19.1 Å². The molecular formula is C23H29N3O6S. The van der Waals surface area contributed by atoms with Crippen molar-refractivity contribution in [3.63, 3.8) is 0 Å². The number of ether oxygens (including phenoxy) is 1. The number of likely N-dealkylation sites (tertiary alicyclic amines) is 1. The monoisotopic (exact) mass is 475 g/mol. The molecule has 1 amide bonds. The van der Waals surface area contributed by atoms with Gasteiger partial charge in [0.05, 0.1) is 25.1 Å². The third-order valence-corrected chi connectivity index (χ3v) is 6.20. The molecule has 1 spiro atoms. The van der Waals surface area contributed by atoms with Crippen LogP contribution in [0, 0.1) is 5.41 Å². The van der Waals surface area contributed by atoms with Crippen LogP contribution in [0.1, 0.15) is 17.7 Å². The zero-order chi connectivity index (χ0) is 23.9. The van der Waals surface area contributed by atoms with Crippen molar-refractivity contribution in [2.75, 3.05) is 44.3 Å². The van der Waals surface area contributed by atoms with Gasteiger partial charge in [0.25, 0.3) is 12.9 Å². The van der Waals surface area contributed by atoms with Crippen LogP contribution in [0.15, 0.2) is 48.1 Å². The second-order valence-corrected chi connectivity index (χ2v) is 8.59. The lowest BCUT2D eigenvalue weighted by Gasteiger charge is -2.43. The summed E-state index contributed by atoms with van der Waals surface area (Å²) in [6.45, 7) is 4.25. The van der Waals surface area contributed by atoms with Crippen LogP contribution in [0.3, 0.4) is 0 Å². The molecule has 0 aliphatic carbocycles. The maximum absolute atomic E-state index is 12.7. The number of amides is 1. The number of carbonyl (C=O) groups is 3. The zero-order valence-electron chi connectivity index (χ0n) is 18.3. The molecule has 10 heteroatoms. The number of anilines is 1. The van der Waals surface area contributed by atoms with E-state index in [0.717, 1.165) is 49.6 Å². The summed E-state index contributed by atoms with van der Waals surface area (Å²) in [5.74, 6) is 0.0969. The van der Waals surface area contributed by atoms with E-state index in [4.69, 9.17) is 24.5 Å². The lowest BCUT2D eigenvalue weighted by Crippen LogP contribution is -2.52. The minimum Gasteiger partial charge on any atom is -0.483 e. The summed E-state index contributed by atoms with van der Waals surface area (Å²) < 4.78 is 5.97. The summed E-state index contributed by atoms with van der Waals surface area (Å²) in [7, 11) is 0. The van der Waals surface area contributed by atoms with Crippen LogP contribution in [0.2, 0.25) is 0 Å². The maximum atomic E-state index is 12.7. The molecule has 2 saturated heterocycles. The van der Waals surface area contributed by atoms with Gasteiger partial charge in [-0.3, -0.25) is 19.4 Å². The average Bonchev–Trinajstić information content (AvgIpc) is 3.27. The van der Waals surface area contributed by atoms with Crippen LogP contribution >= 0.6 is 11.3 Å². The number of piperidine rings is 1. The first-order chi connectivity index (χ1) is 16.1. The molecule has 4 rings (SSSR count). The summed E-state index contributed by atoms with van der Waals surface area (Å²) in [5, 5.41) is 15.8. The van der Waals surface area contributed by atoms with Gasteiger partial charge >= 0.3 is 0 Å². The number of thiophene rings is 1. The van der Waals surface area contributed by atoms with Gasteiger partial charge in [-0.25, -0.2) is 0 Å². The van der Waals surface area contributed by atoms with Crippen molar-refractivity contribution in [1.82, 2.24) is 9.88 Å². The fourth-order valence-electron chi connectivity index (χ4n) is 4.04. The number of pyridine rings is 1. The minimum atomic E-state index is -0.250. The average molecular weight is 476 g/mol. The van der Waals surface area contributed by atoms with Crippen molar-refractivity contribution in [3.05, 3.63) is 53.0 Å². The van der Waals surface area contributed by atoms with Gasteiger partial charge in [-0.2, -0.15) is 0 Å². The molecule has 2 fully saturated rings. The van der Waals surface area contributed by atoms with Crippen molar-refractivity contribution >= 4 is 42.0 Å². The van der Waals surface area contributed by atoms with Crippen molar-refractivity contribution in [1.29, 1.82) is 0 Å². The lowest BCUT2D eigenvalue weighted by atomic mass is 9.80. The number of carboxylic acid groups (broad SMARTS) is 2. The van der Waals surface area contributed by atoms with Gasteiger partial charge < -0.3 is 24.7 Å². The van der Waals surface area contributed by atoms with E-state index in [9.17, 15) is 4.79 Å². The Morgan fingerprint density at radius 1 is 1.15 bits per heavy atom. The molecule has 9 nitrogen and oxygen atoms in total. The van der Waals surface area contributed by atoms with Crippen molar-refractivity contribution in [2.45, 2.75) is 12.8 Å². The molecule has 2 aliphatic heterocycles. The van der Waals surface area contributed by atoms with Crippen molar-refractivity contribution < 1.29 is 29.3 Å². The summed E-state index contributed by atoms with van der Waals surface area (Å²) in [5.41, 5.74) is 1.11. The van der Waals surface area contributed by atoms with Crippen LogP contribution in [0.4, 0.5) is 5.69 Å². The topological polar surface area (TPSA) is 120 Å². The second-order valence-electron chi connectivity index (χ2n) is 7.61. The highest BCUT2D eigenvalue weighted by molar-refractivity contribution is 7.10. The number of rotatable bonds is 3. The maximum Gasteiger partial charge on any atom is 0.290 e. The number of hydrogen-bond acceptors (Lipinski definition) is 7. The summed E-state index contributed by atoms with van der Waals surface area (Å²) in [6, 6.07) is 8.10. The molecule has 1 unspecified atom stereocenters. The van der Waals surface area contributed by atoms with Crippen LogP contribution in [0.5, 0.6) is 0 Å². The summed E-state index contributed by atoms with van der Waals surface area (Å²) in [6.07, 6.45) is 9.44. The Labute approximate surface area is 196 Å². The van der Waals surface area contributed by atoms with Crippen LogP contribution < -0.4 is 4.90 Å². The Hall–Kier alpha value is -3.24. The fraction of sp³-hybridized carbons (Fsp3) is 0.391. The molecular weight excluding hydrogens is 446 g/mol. The van der Waals surface area contributed by atoms with E-state index >= 15 is 0 Å². The molecule has 0 saturated carbocycles. The standard InChI is InChI=1S/C21H25N3O2S.2CH2O2/c25-20(7-6-19-5-2-13-27-19)24-10-3-8-21(16-24)15-23(11-12-26-17-21)18-4-1-9-22-14-18;2*2-1-3/h1-2,4-7,9,13-14H,3,8,10-12,15-17H2;2*1H,(H,2,3)/b7-6+;;. The minimum absolute atomic E-state index is 0.0168. The van der Waals surface area contributed by atoms with E-state index in [1.54, 1.807) is 23.6 Å². The summed E-state index contributed by atoms with van der Waals surface area (Å²) >= 11 is 1.64. The number of nitrogens with zero attached hydrogens (tertiary/aromatic N) is 3. The highest BCUT2D eigenvalue weighted by atomic mass is 32.1. The predicted octanol–water partition coefficient (Wildman–Crippen LogP) is 2.70. The summed E-state index contributed by atoms with van der Waals surface area (Å²) in [4.78, 5) is 39.2. The Morgan fingerprint density at radius 2 is 1.94 bits per heavy atom. The Kier molecular flexibility index (Phi) is 11.1. The zero-order valence-corrected chi connectivity index (χ0v) is 19.1. The van der Waals surface area contributed by atoms with Crippen molar-refractivity contribution in [3.8, 4) is 0 Å². The van der Waals surface area contributed by atoms with Gasteiger partial charge in [0.2, 0.25) is 5.91 Å². The van der Waals surface area contributed by atoms with Crippen molar-refractivity contribution in [2.24, 2.45) is 5.41 Å². The first kappa shape index (κ1) is 26.0. The van der Waals surface area contributed by atoms with E-state index in [2.05, 4.69) is 16.0 Å². The molecule has 2 aliphatic rings. The van der Waals surface area contributed by atoms with Gasteiger partial charge in [-0.1, -0.05) is 6.07 Å². The van der Waals surface area contributed by atoms with Gasteiger partial charge in [0.1, 0.15) is 0 Å². The van der Waals surface area contributed by atoms with E-state index in [1.807, 2.05) is 40.8 Å². The molecule has 4 heterocycles. The number of carbonyl (C=O) groups excluding carboxylic acids is 1. The molecule has 0 aromatic carbocycles. The van der Waals surface area contributed by atoms with Gasteiger partial charge in [0.15, 0.2) is 0 Å². The van der Waals surface area contributed by atoms with E-state index in [1.165, 1.54) is 0 Å². The van der Waals surface area contributed by atoms with Gasteiger partial charge in [-0.15, -0.1) is 11.3 Å². The van der Waals surface area contributed by atoms with E-state index in [-0.39, 0.29) is 24.3 Å². The molecule has 2 N–H and O–H groups in total. The third kappa shape index (κ3) is 8.32. The largest absolute Gasteiger partial charge is 0.483 e. The van der Waals surface area contributed by atoms with Gasteiger partial charge in [-0.05, 0) is 42.5 Å². The number of aromatic nitrogens is 1. The van der Waals surface area contributed by atoms with Gasteiger partial charge in [0, 0.05) is 48.7 Å². The highest BCUT2D eigenvalue weighted by Gasteiger charge is 2.40. The molecule has 2 aromatic heterocycles. The predicted molar refractivity (Wildman–Crippen MR) is 126 cm³/mol. The smallest absolute Gasteiger partial charge is 0.290 e. The Morgan fingerprint density at radius 3 is 2.61 bits per heavy atom. The van der Waals surface area contributed by atoms with E-state index < -0.39 is 0 Å². The second kappa shape index (κ2) is 14.0. The van der Waals surface area contributed by atoms with Crippen LogP contribution in [-0.4, -0.2) is 78.3 Å². The first-order valence-corrected chi connectivity index (χ1v) is 11.3. The molecule has 33 heavy (non-hydrogen) atoms. The first-order valence-electron chi connectivity index (χ1n) is 10.5. The third-order valence-electron chi connectivity index (χ3n) is 5.36. The molecule has 2 aromatic rings. The van der Waals surface area contributed by atoms with E-state index in [0.29, 0.717) is 13.2 Å².